The number of hydrogen-bond acceptors (Lipinski definition) is 3. The van der Waals surface area contributed by atoms with E-state index in [2.05, 4.69) is 15.6 Å². The van der Waals surface area contributed by atoms with Gasteiger partial charge in [-0.25, -0.2) is 8.42 Å². The summed E-state index contributed by atoms with van der Waals surface area (Å²) >= 11 is 0. The van der Waals surface area contributed by atoms with Gasteiger partial charge >= 0.3 is 0 Å². The smallest absolute Gasteiger partial charge is 0.191 e. The van der Waals surface area contributed by atoms with Crippen molar-refractivity contribution in [3.05, 3.63) is 0 Å². The Balaban J connectivity index is 0.00000484. The third kappa shape index (κ3) is 12.0. The van der Waals surface area contributed by atoms with Crippen LogP contribution in [0.4, 0.5) is 0 Å². The maximum absolute atomic E-state index is 11.2. The summed E-state index contributed by atoms with van der Waals surface area (Å²) in [5, 5.41) is 6.56. The van der Waals surface area contributed by atoms with E-state index in [1.807, 2.05) is 6.92 Å². The van der Waals surface area contributed by atoms with Crippen LogP contribution in [0.3, 0.4) is 0 Å². The van der Waals surface area contributed by atoms with Crippen molar-refractivity contribution in [2.75, 3.05) is 25.6 Å². The standard InChI is InChI=1S/C16H33N3O2S.HI/c1-14(11-13-22(3,20)21)19-16(17-2)18-12-7-6-10-15-8-4-5-9-15;/h14-15H,4-13H2,1-3H3,(H2,17,18,19);1H. The van der Waals surface area contributed by atoms with E-state index < -0.39 is 9.84 Å². The molecule has 1 atom stereocenters. The number of sulfone groups is 1. The first-order valence-electron chi connectivity index (χ1n) is 8.55. The second-order valence-corrected chi connectivity index (χ2v) is 8.87. The molecule has 1 fully saturated rings. The van der Waals surface area contributed by atoms with Crippen LogP contribution in [-0.2, 0) is 9.84 Å². The van der Waals surface area contributed by atoms with Crippen molar-refractivity contribution in [3.8, 4) is 0 Å². The van der Waals surface area contributed by atoms with Crippen molar-refractivity contribution in [3.63, 3.8) is 0 Å². The number of hydrogen-bond donors (Lipinski definition) is 2. The summed E-state index contributed by atoms with van der Waals surface area (Å²) in [7, 11) is -1.15. The van der Waals surface area contributed by atoms with Crippen LogP contribution < -0.4 is 10.6 Å². The van der Waals surface area contributed by atoms with Gasteiger partial charge in [0.15, 0.2) is 5.96 Å². The molecule has 0 aliphatic heterocycles. The highest BCUT2D eigenvalue weighted by molar-refractivity contribution is 14.0. The molecule has 5 nitrogen and oxygen atoms in total. The quantitative estimate of drug-likeness (QED) is 0.241. The van der Waals surface area contributed by atoms with Crippen LogP contribution in [0.1, 0.15) is 58.3 Å². The van der Waals surface area contributed by atoms with Crippen LogP contribution >= 0.6 is 24.0 Å². The number of guanidine groups is 1. The lowest BCUT2D eigenvalue weighted by Crippen LogP contribution is -2.43. The normalized spacial score (nSPS) is 17.6. The van der Waals surface area contributed by atoms with Crippen molar-refractivity contribution in [1.29, 1.82) is 0 Å². The van der Waals surface area contributed by atoms with Crippen molar-refractivity contribution >= 4 is 39.8 Å². The van der Waals surface area contributed by atoms with Crippen LogP contribution in [0.2, 0.25) is 0 Å². The molecule has 0 saturated heterocycles. The van der Waals surface area contributed by atoms with Gasteiger partial charge in [-0.1, -0.05) is 38.5 Å². The summed E-state index contributed by atoms with van der Waals surface area (Å²) in [5.41, 5.74) is 0. The molecule has 1 unspecified atom stereocenters. The predicted octanol–water partition coefficient (Wildman–Crippen LogP) is 2.95. The molecular formula is C16H34IN3O2S. The molecular weight excluding hydrogens is 425 g/mol. The predicted molar refractivity (Wildman–Crippen MR) is 110 cm³/mol. The first-order chi connectivity index (χ1) is 10.4. The summed E-state index contributed by atoms with van der Waals surface area (Å²) in [6.45, 7) is 2.91. The van der Waals surface area contributed by atoms with E-state index in [0.717, 1.165) is 24.8 Å². The van der Waals surface area contributed by atoms with Gasteiger partial charge in [0.1, 0.15) is 9.84 Å². The van der Waals surface area contributed by atoms with Crippen LogP contribution in [0.5, 0.6) is 0 Å². The monoisotopic (exact) mass is 459 g/mol. The zero-order chi connectivity index (χ0) is 16.4. The lowest BCUT2D eigenvalue weighted by Gasteiger charge is -2.17. The second-order valence-electron chi connectivity index (χ2n) is 6.61. The summed E-state index contributed by atoms with van der Waals surface area (Å²) in [6.07, 6.45) is 11.4. The van der Waals surface area contributed by atoms with E-state index in [1.165, 1.54) is 44.8 Å². The van der Waals surface area contributed by atoms with E-state index in [-0.39, 0.29) is 35.8 Å². The van der Waals surface area contributed by atoms with Gasteiger partial charge in [0.25, 0.3) is 0 Å². The lowest BCUT2D eigenvalue weighted by molar-refractivity contribution is 0.472. The van der Waals surface area contributed by atoms with Crippen molar-refractivity contribution < 1.29 is 8.42 Å². The van der Waals surface area contributed by atoms with Gasteiger partial charge in [-0.2, -0.15) is 0 Å². The molecule has 1 rings (SSSR count). The third-order valence-electron chi connectivity index (χ3n) is 4.33. The zero-order valence-corrected chi connectivity index (χ0v) is 18.0. The molecule has 0 heterocycles. The Labute approximate surface area is 159 Å². The summed E-state index contributed by atoms with van der Waals surface area (Å²) in [6, 6.07) is 0.0967. The number of nitrogens with zero attached hydrogens (tertiary/aromatic N) is 1. The molecule has 0 amide bonds. The van der Waals surface area contributed by atoms with Gasteiger partial charge < -0.3 is 10.6 Å². The number of nitrogens with one attached hydrogen (secondary N) is 2. The topological polar surface area (TPSA) is 70.6 Å². The average Bonchev–Trinajstić information content (AvgIpc) is 2.96. The second kappa shape index (κ2) is 12.3. The largest absolute Gasteiger partial charge is 0.356 e. The molecule has 1 aliphatic carbocycles. The molecule has 0 radical (unpaired) electrons. The van der Waals surface area contributed by atoms with Crippen LogP contribution in [0.15, 0.2) is 4.99 Å². The Morgan fingerprint density at radius 2 is 1.91 bits per heavy atom. The Bertz CT molecular complexity index is 435. The van der Waals surface area contributed by atoms with Gasteiger partial charge in [-0.3, -0.25) is 4.99 Å². The fraction of sp³-hybridized carbons (Fsp3) is 0.938. The minimum Gasteiger partial charge on any atom is -0.356 e. The lowest BCUT2D eigenvalue weighted by atomic mass is 10.0. The van der Waals surface area contributed by atoms with Crippen LogP contribution in [-0.4, -0.2) is 46.0 Å². The van der Waals surface area contributed by atoms with E-state index in [0.29, 0.717) is 6.42 Å². The highest BCUT2D eigenvalue weighted by atomic mass is 127. The van der Waals surface area contributed by atoms with Crippen molar-refractivity contribution in [1.82, 2.24) is 10.6 Å². The zero-order valence-electron chi connectivity index (χ0n) is 14.8. The fourth-order valence-corrected chi connectivity index (χ4v) is 3.74. The number of rotatable bonds is 9. The first-order valence-corrected chi connectivity index (χ1v) is 10.6. The number of aliphatic imine (C=N–C) groups is 1. The van der Waals surface area contributed by atoms with E-state index in [4.69, 9.17) is 0 Å². The number of halogens is 1. The van der Waals surface area contributed by atoms with E-state index >= 15 is 0 Å². The molecule has 1 saturated carbocycles. The Morgan fingerprint density at radius 3 is 2.48 bits per heavy atom. The van der Waals surface area contributed by atoms with Gasteiger partial charge in [-0.05, 0) is 25.7 Å². The minimum absolute atomic E-state index is 0. The van der Waals surface area contributed by atoms with Gasteiger partial charge in [0.2, 0.25) is 0 Å². The number of unbranched alkanes of at least 4 members (excludes halogenated alkanes) is 1. The van der Waals surface area contributed by atoms with Crippen molar-refractivity contribution in [2.45, 2.75) is 64.3 Å². The van der Waals surface area contributed by atoms with E-state index in [1.54, 1.807) is 7.05 Å². The molecule has 1 aliphatic rings. The Kier molecular flexibility index (Phi) is 12.3. The minimum atomic E-state index is -2.89. The molecule has 23 heavy (non-hydrogen) atoms. The van der Waals surface area contributed by atoms with Crippen LogP contribution in [0, 0.1) is 5.92 Å². The first kappa shape index (κ1) is 22.9. The van der Waals surface area contributed by atoms with E-state index in [9.17, 15) is 8.42 Å². The highest BCUT2D eigenvalue weighted by Crippen LogP contribution is 2.28. The molecule has 0 aromatic carbocycles. The molecule has 0 bridgehead atoms. The average molecular weight is 459 g/mol. The maximum Gasteiger partial charge on any atom is 0.191 e. The van der Waals surface area contributed by atoms with Gasteiger partial charge in [-0.15, -0.1) is 24.0 Å². The molecule has 138 valence electrons. The highest BCUT2D eigenvalue weighted by Gasteiger charge is 2.14. The summed E-state index contributed by atoms with van der Waals surface area (Å²) in [5.74, 6) is 1.94. The molecule has 2 N–H and O–H groups in total. The molecule has 0 aromatic rings. The van der Waals surface area contributed by atoms with Gasteiger partial charge in [0, 0.05) is 25.9 Å². The van der Waals surface area contributed by atoms with Crippen molar-refractivity contribution in [2.24, 2.45) is 10.9 Å². The Hall–Kier alpha value is -0.0500. The van der Waals surface area contributed by atoms with Crippen LogP contribution in [0.25, 0.3) is 0 Å². The summed E-state index contributed by atoms with van der Waals surface area (Å²) < 4.78 is 22.3. The SMILES string of the molecule is CN=C(NCCCCC1CCCC1)NC(C)CCS(C)(=O)=O.I. The third-order valence-corrected chi connectivity index (χ3v) is 5.31. The molecule has 0 spiro atoms. The summed E-state index contributed by atoms with van der Waals surface area (Å²) in [4.78, 5) is 4.19. The van der Waals surface area contributed by atoms with Gasteiger partial charge in [0.05, 0.1) is 5.75 Å². The fourth-order valence-electron chi connectivity index (χ4n) is 2.95. The molecule has 7 heteroatoms. The maximum atomic E-state index is 11.2. The Morgan fingerprint density at radius 1 is 1.26 bits per heavy atom. The molecule has 0 aromatic heterocycles.